The molecule has 0 unspecified atom stereocenters. The molecule has 2 aromatic heterocycles. The number of rotatable bonds is 3. The minimum atomic E-state index is -0.0366. The Kier molecular flexibility index (Phi) is 3.30. The van der Waals surface area contributed by atoms with Crippen molar-refractivity contribution in [3.63, 3.8) is 0 Å². The number of ether oxygens (including phenoxy) is 1. The summed E-state index contributed by atoms with van der Waals surface area (Å²) in [7, 11) is 1.53. The van der Waals surface area contributed by atoms with Gasteiger partial charge >= 0.3 is 0 Å². The molecular weight excluding hydrogens is 314 g/mol. The summed E-state index contributed by atoms with van der Waals surface area (Å²) in [5.41, 5.74) is 5.23. The van der Waals surface area contributed by atoms with Gasteiger partial charge in [-0.3, -0.25) is 4.98 Å². The highest BCUT2D eigenvalue weighted by Gasteiger charge is 2.28. The lowest BCUT2D eigenvalue weighted by Gasteiger charge is -2.13. The number of thioether (sulfide) groups is 1. The number of nitrogens with one attached hydrogen (secondary N) is 1. The molecule has 1 atom stereocenters. The van der Waals surface area contributed by atoms with Crippen LogP contribution in [0.1, 0.15) is 10.9 Å². The maximum atomic E-state index is 9.72. The maximum Gasteiger partial charge on any atom is 0.212 e. The van der Waals surface area contributed by atoms with Crippen molar-refractivity contribution in [2.45, 2.75) is 10.5 Å². The molecule has 0 radical (unpaired) electrons. The Morgan fingerprint density at radius 2 is 2.22 bits per heavy atom. The number of benzene rings is 1. The third-order valence-corrected chi connectivity index (χ3v) is 4.62. The molecule has 116 valence electrons. The first-order chi connectivity index (χ1) is 11.3. The van der Waals surface area contributed by atoms with Crippen LogP contribution in [0.4, 0.5) is 0 Å². The molecule has 3 aromatic rings. The van der Waals surface area contributed by atoms with Crippen molar-refractivity contribution in [3.05, 3.63) is 48.3 Å². The molecule has 0 fully saturated rings. The van der Waals surface area contributed by atoms with Gasteiger partial charge in [0.2, 0.25) is 5.16 Å². The third-order valence-electron chi connectivity index (χ3n) is 3.53. The SMILES string of the molecule is COc1cc([C@H]2Nn3c(nnc3-c3cccnc3)S2)ccc1O. The average molecular weight is 327 g/mol. The van der Waals surface area contributed by atoms with Gasteiger partial charge in [0.15, 0.2) is 17.3 Å². The summed E-state index contributed by atoms with van der Waals surface area (Å²) in [6.07, 6.45) is 3.47. The average Bonchev–Trinajstić information content (AvgIpc) is 3.16. The van der Waals surface area contributed by atoms with E-state index in [0.29, 0.717) is 11.6 Å². The first-order valence-corrected chi connectivity index (χ1v) is 7.80. The number of nitrogens with zero attached hydrogens (tertiary/aromatic N) is 4. The quantitative estimate of drug-likeness (QED) is 0.764. The highest BCUT2D eigenvalue weighted by Crippen LogP contribution is 2.42. The van der Waals surface area contributed by atoms with Crippen molar-refractivity contribution in [2.24, 2.45) is 0 Å². The van der Waals surface area contributed by atoms with Crippen LogP contribution in [0.25, 0.3) is 11.4 Å². The Hall–Kier alpha value is -2.74. The van der Waals surface area contributed by atoms with Crippen LogP contribution in [-0.2, 0) is 0 Å². The molecule has 0 aliphatic carbocycles. The normalized spacial score (nSPS) is 16.0. The number of fused-ring (bicyclic) bond motifs is 1. The van der Waals surface area contributed by atoms with Gasteiger partial charge in [-0.1, -0.05) is 17.8 Å². The van der Waals surface area contributed by atoms with Gasteiger partial charge in [-0.15, -0.1) is 10.2 Å². The number of hydrogen-bond acceptors (Lipinski definition) is 7. The molecule has 1 aliphatic rings. The second-order valence-electron chi connectivity index (χ2n) is 4.94. The molecule has 7 nitrogen and oxygen atoms in total. The van der Waals surface area contributed by atoms with Gasteiger partial charge in [0.05, 0.1) is 7.11 Å². The lowest BCUT2D eigenvalue weighted by molar-refractivity contribution is 0.373. The fraction of sp³-hybridized carbons (Fsp3) is 0.133. The van der Waals surface area contributed by atoms with E-state index in [1.807, 2.05) is 28.9 Å². The number of pyridine rings is 1. The highest BCUT2D eigenvalue weighted by molar-refractivity contribution is 7.99. The molecule has 0 amide bonds. The second kappa shape index (κ2) is 5.47. The summed E-state index contributed by atoms with van der Waals surface area (Å²) in [4.78, 5) is 4.12. The van der Waals surface area contributed by atoms with Gasteiger partial charge in [0, 0.05) is 18.0 Å². The van der Waals surface area contributed by atoms with E-state index in [1.54, 1.807) is 30.2 Å². The Morgan fingerprint density at radius 1 is 1.30 bits per heavy atom. The summed E-state index contributed by atoms with van der Waals surface area (Å²) in [6.45, 7) is 0. The molecule has 4 rings (SSSR count). The van der Waals surface area contributed by atoms with E-state index >= 15 is 0 Å². The van der Waals surface area contributed by atoms with Crippen LogP contribution in [0.15, 0.2) is 47.9 Å². The van der Waals surface area contributed by atoms with Crippen LogP contribution in [0.5, 0.6) is 11.5 Å². The lowest BCUT2D eigenvalue weighted by Crippen LogP contribution is -2.13. The topological polar surface area (TPSA) is 85.1 Å². The molecule has 0 spiro atoms. The van der Waals surface area contributed by atoms with E-state index in [4.69, 9.17) is 4.74 Å². The Bertz CT molecular complexity index is 852. The van der Waals surface area contributed by atoms with Crippen LogP contribution < -0.4 is 10.2 Å². The van der Waals surface area contributed by atoms with Gasteiger partial charge in [-0.2, -0.15) is 0 Å². The largest absolute Gasteiger partial charge is 0.504 e. The smallest absolute Gasteiger partial charge is 0.212 e. The van der Waals surface area contributed by atoms with Gasteiger partial charge in [-0.25, -0.2) is 4.68 Å². The zero-order chi connectivity index (χ0) is 15.8. The van der Waals surface area contributed by atoms with Crippen LogP contribution in [0.2, 0.25) is 0 Å². The van der Waals surface area contributed by atoms with E-state index in [1.165, 1.54) is 7.11 Å². The van der Waals surface area contributed by atoms with Gasteiger partial charge in [0.1, 0.15) is 5.37 Å². The van der Waals surface area contributed by atoms with Gasteiger partial charge in [0.25, 0.3) is 0 Å². The first kappa shape index (κ1) is 13.9. The number of aromatic nitrogens is 4. The molecule has 0 bridgehead atoms. The van der Waals surface area contributed by atoms with E-state index in [9.17, 15) is 5.11 Å². The van der Waals surface area contributed by atoms with E-state index in [-0.39, 0.29) is 11.1 Å². The monoisotopic (exact) mass is 327 g/mol. The molecule has 1 aliphatic heterocycles. The van der Waals surface area contributed by atoms with Crippen molar-refractivity contribution in [2.75, 3.05) is 12.5 Å². The number of phenolic OH excluding ortho intramolecular Hbond substituents is 1. The minimum Gasteiger partial charge on any atom is -0.504 e. The molecule has 2 N–H and O–H groups in total. The van der Waals surface area contributed by atoms with Crippen LogP contribution in [-0.4, -0.2) is 32.1 Å². The Labute approximate surface area is 136 Å². The van der Waals surface area contributed by atoms with Crippen molar-refractivity contribution < 1.29 is 9.84 Å². The van der Waals surface area contributed by atoms with Crippen molar-refractivity contribution in [1.82, 2.24) is 19.9 Å². The fourth-order valence-corrected chi connectivity index (χ4v) is 3.38. The maximum absolute atomic E-state index is 9.72. The second-order valence-corrected chi connectivity index (χ2v) is 6.01. The van der Waals surface area contributed by atoms with Crippen molar-refractivity contribution in [3.8, 4) is 22.9 Å². The number of hydrogen-bond donors (Lipinski definition) is 2. The van der Waals surface area contributed by atoms with E-state index in [0.717, 1.165) is 16.3 Å². The zero-order valence-corrected chi connectivity index (χ0v) is 13.0. The van der Waals surface area contributed by atoms with Gasteiger partial charge < -0.3 is 15.3 Å². The number of methoxy groups -OCH3 is 1. The predicted molar refractivity (Wildman–Crippen MR) is 85.9 cm³/mol. The van der Waals surface area contributed by atoms with Crippen LogP contribution in [0, 0.1) is 0 Å². The molecule has 23 heavy (non-hydrogen) atoms. The van der Waals surface area contributed by atoms with Crippen molar-refractivity contribution in [1.29, 1.82) is 0 Å². The molecule has 0 saturated carbocycles. The minimum absolute atomic E-state index is 0.0366. The predicted octanol–water partition coefficient (Wildman–Crippen LogP) is 2.40. The summed E-state index contributed by atoms with van der Waals surface area (Å²) in [5.74, 6) is 1.28. The summed E-state index contributed by atoms with van der Waals surface area (Å²) < 4.78 is 7.02. The summed E-state index contributed by atoms with van der Waals surface area (Å²) in [5, 5.41) is 18.9. The molecule has 3 heterocycles. The first-order valence-electron chi connectivity index (χ1n) is 6.92. The van der Waals surface area contributed by atoms with E-state index < -0.39 is 0 Å². The van der Waals surface area contributed by atoms with E-state index in [2.05, 4.69) is 20.6 Å². The number of phenols is 1. The molecular formula is C15H13N5O2S. The highest BCUT2D eigenvalue weighted by atomic mass is 32.2. The molecule has 0 saturated heterocycles. The molecule has 1 aromatic carbocycles. The number of aromatic hydroxyl groups is 1. The fourth-order valence-electron chi connectivity index (χ4n) is 2.39. The Balaban J connectivity index is 1.65. The van der Waals surface area contributed by atoms with Gasteiger partial charge in [-0.05, 0) is 29.8 Å². The summed E-state index contributed by atoms with van der Waals surface area (Å²) in [6, 6.07) is 9.09. The van der Waals surface area contributed by atoms with Crippen LogP contribution >= 0.6 is 11.8 Å². The standard InChI is InChI=1S/C15H13N5O2S/c1-22-12-7-9(4-5-11(12)21)14-19-20-13(17-18-15(20)23-14)10-3-2-6-16-8-10/h2-8,14,19,21H,1H3/t14-/m0/s1. The zero-order valence-electron chi connectivity index (χ0n) is 12.2. The van der Waals surface area contributed by atoms with Crippen molar-refractivity contribution >= 4 is 11.8 Å². The molecule has 8 heteroatoms. The summed E-state index contributed by atoms with van der Waals surface area (Å²) >= 11 is 1.55. The Morgan fingerprint density at radius 3 is 3.00 bits per heavy atom. The lowest BCUT2D eigenvalue weighted by atomic mass is 10.2. The van der Waals surface area contributed by atoms with Crippen LogP contribution in [0.3, 0.4) is 0 Å². The third kappa shape index (κ3) is 2.36.